The van der Waals surface area contributed by atoms with Crippen LogP contribution in [0, 0.1) is 0 Å². The second-order valence-electron chi connectivity index (χ2n) is 6.29. The molecular weight excluding hydrogens is 320 g/mol. The van der Waals surface area contributed by atoms with Crippen LogP contribution in [0.5, 0.6) is 5.75 Å². The molecule has 0 bridgehead atoms. The van der Waals surface area contributed by atoms with Crippen LogP contribution in [0.1, 0.15) is 55.6 Å². The maximum atomic E-state index is 12.2. The van der Waals surface area contributed by atoms with Crippen LogP contribution in [0.4, 0.5) is 0 Å². The number of ether oxygens (including phenoxy) is 1. The van der Waals surface area contributed by atoms with Gasteiger partial charge in [0.1, 0.15) is 10.8 Å². The van der Waals surface area contributed by atoms with Crippen LogP contribution >= 0.6 is 11.3 Å². The Bertz CT molecular complexity index is 650. The van der Waals surface area contributed by atoms with Crippen molar-refractivity contribution in [2.75, 3.05) is 0 Å². The van der Waals surface area contributed by atoms with Gasteiger partial charge in [0.2, 0.25) is 0 Å². The fourth-order valence-corrected chi connectivity index (χ4v) is 3.87. The van der Waals surface area contributed by atoms with Crippen molar-refractivity contribution in [3.63, 3.8) is 0 Å². The number of benzene rings is 1. The van der Waals surface area contributed by atoms with E-state index in [1.54, 1.807) is 18.3 Å². The molecule has 1 amide bonds. The predicted octanol–water partition coefficient (Wildman–Crippen LogP) is 4.27. The van der Waals surface area contributed by atoms with Crippen LogP contribution in [-0.4, -0.2) is 17.0 Å². The monoisotopic (exact) mass is 344 g/mol. The van der Waals surface area contributed by atoms with E-state index in [1.807, 2.05) is 30.3 Å². The third kappa shape index (κ3) is 4.57. The van der Waals surface area contributed by atoms with Gasteiger partial charge >= 0.3 is 0 Å². The number of hydrogen-bond acceptors (Lipinski definition) is 4. The first-order chi connectivity index (χ1) is 11.7. The summed E-state index contributed by atoms with van der Waals surface area (Å²) >= 11 is 1.63. The van der Waals surface area contributed by atoms with Gasteiger partial charge in [-0.3, -0.25) is 4.79 Å². The highest BCUT2D eigenvalue weighted by molar-refractivity contribution is 7.09. The number of nitrogens with one attached hydrogen (secondary N) is 1. The van der Waals surface area contributed by atoms with Crippen LogP contribution < -0.4 is 10.1 Å². The maximum absolute atomic E-state index is 12.2. The Morgan fingerprint density at radius 1 is 1.29 bits per heavy atom. The van der Waals surface area contributed by atoms with Crippen molar-refractivity contribution in [2.24, 2.45) is 0 Å². The Morgan fingerprint density at radius 2 is 2.04 bits per heavy atom. The summed E-state index contributed by atoms with van der Waals surface area (Å²) in [5.41, 5.74) is 1.21. The molecule has 1 aromatic carbocycles. The van der Waals surface area contributed by atoms with E-state index < -0.39 is 6.10 Å². The van der Waals surface area contributed by atoms with Crippen molar-refractivity contribution < 1.29 is 9.53 Å². The zero-order valence-corrected chi connectivity index (χ0v) is 14.8. The lowest BCUT2D eigenvalue weighted by atomic mass is 9.87. The average molecular weight is 344 g/mol. The van der Waals surface area contributed by atoms with Crippen molar-refractivity contribution in [1.29, 1.82) is 0 Å². The summed E-state index contributed by atoms with van der Waals surface area (Å²) in [6.45, 7) is 2.23. The molecule has 128 valence electrons. The number of rotatable bonds is 6. The minimum Gasteiger partial charge on any atom is -0.481 e. The van der Waals surface area contributed by atoms with E-state index in [1.165, 1.54) is 37.8 Å². The summed E-state index contributed by atoms with van der Waals surface area (Å²) in [6, 6.07) is 9.40. The molecular formula is C19H24N2O2S. The second-order valence-corrected chi connectivity index (χ2v) is 7.23. The maximum Gasteiger partial charge on any atom is 0.261 e. The van der Waals surface area contributed by atoms with Gasteiger partial charge in [-0.05, 0) is 31.9 Å². The molecule has 4 nitrogen and oxygen atoms in total. The SMILES string of the molecule is CC(Oc1ccccc1)C(=O)NCc1nc(C2CCCCC2)cs1. The van der Waals surface area contributed by atoms with Gasteiger partial charge in [-0.2, -0.15) is 0 Å². The molecule has 5 heteroatoms. The Labute approximate surface area is 147 Å². The molecule has 1 aliphatic carbocycles. The van der Waals surface area contributed by atoms with E-state index in [0.29, 0.717) is 18.2 Å². The van der Waals surface area contributed by atoms with Crippen LogP contribution in [0.25, 0.3) is 0 Å². The summed E-state index contributed by atoms with van der Waals surface area (Å²) < 4.78 is 5.64. The Morgan fingerprint density at radius 3 is 2.79 bits per heavy atom. The van der Waals surface area contributed by atoms with Gasteiger partial charge in [0, 0.05) is 11.3 Å². The molecule has 0 spiro atoms. The first-order valence-corrected chi connectivity index (χ1v) is 9.54. The Kier molecular flexibility index (Phi) is 5.86. The molecule has 1 atom stereocenters. The van der Waals surface area contributed by atoms with Crippen molar-refractivity contribution in [1.82, 2.24) is 10.3 Å². The summed E-state index contributed by atoms with van der Waals surface area (Å²) in [6.07, 6.45) is 5.94. The number of nitrogens with zero attached hydrogens (tertiary/aromatic N) is 1. The van der Waals surface area contributed by atoms with Gasteiger partial charge in [0.05, 0.1) is 12.2 Å². The van der Waals surface area contributed by atoms with E-state index in [4.69, 9.17) is 9.72 Å². The molecule has 3 rings (SSSR count). The number of carbonyl (C=O) groups excluding carboxylic acids is 1. The third-order valence-electron chi connectivity index (χ3n) is 4.43. The number of aromatic nitrogens is 1. The summed E-state index contributed by atoms with van der Waals surface area (Å²) in [5, 5.41) is 6.04. The zero-order chi connectivity index (χ0) is 16.8. The van der Waals surface area contributed by atoms with Gasteiger partial charge in [-0.1, -0.05) is 37.5 Å². The Balaban J connectivity index is 1.48. The van der Waals surface area contributed by atoms with Gasteiger partial charge in [0.25, 0.3) is 5.91 Å². The fraction of sp³-hybridized carbons (Fsp3) is 0.474. The van der Waals surface area contributed by atoms with Crippen molar-refractivity contribution in [2.45, 2.75) is 57.6 Å². The molecule has 24 heavy (non-hydrogen) atoms. The molecule has 1 saturated carbocycles. The van der Waals surface area contributed by atoms with E-state index in [-0.39, 0.29) is 5.91 Å². The van der Waals surface area contributed by atoms with Crippen molar-refractivity contribution in [3.05, 3.63) is 46.4 Å². The molecule has 1 fully saturated rings. The van der Waals surface area contributed by atoms with Gasteiger partial charge in [-0.15, -0.1) is 11.3 Å². The molecule has 0 radical (unpaired) electrons. The van der Waals surface area contributed by atoms with Crippen molar-refractivity contribution >= 4 is 17.2 Å². The smallest absolute Gasteiger partial charge is 0.261 e. The van der Waals surface area contributed by atoms with E-state index in [9.17, 15) is 4.79 Å². The topological polar surface area (TPSA) is 51.2 Å². The van der Waals surface area contributed by atoms with E-state index >= 15 is 0 Å². The predicted molar refractivity (Wildman–Crippen MR) is 96.3 cm³/mol. The number of carbonyl (C=O) groups is 1. The van der Waals surface area contributed by atoms with Crippen molar-refractivity contribution in [3.8, 4) is 5.75 Å². The van der Waals surface area contributed by atoms with E-state index in [2.05, 4.69) is 10.7 Å². The lowest BCUT2D eigenvalue weighted by Gasteiger charge is -2.19. The lowest BCUT2D eigenvalue weighted by Crippen LogP contribution is -2.35. The quantitative estimate of drug-likeness (QED) is 0.851. The highest BCUT2D eigenvalue weighted by Crippen LogP contribution is 2.32. The van der Waals surface area contributed by atoms with Crippen LogP contribution in [-0.2, 0) is 11.3 Å². The minimum absolute atomic E-state index is 0.117. The van der Waals surface area contributed by atoms with Gasteiger partial charge < -0.3 is 10.1 Å². The Hall–Kier alpha value is -1.88. The molecule has 1 aromatic heterocycles. The zero-order valence-electron chi connectivity index (χ0n) is 14.0. The van der Waals surface area contributed by atoms with Gasteiger partial charge in [-0.25, -0.2) is 4.98 Å². The molecule has 2 aromatic rings. The molecule has 1 heterocycles. The van der Waals surface area contributed by atoms with Crippen LogP contribution in [0.3, 0.4) is 0 Å². The number of thiazole rings is 1. The normalized spacial score (nSPS) is 16.5. The molecule has 0 aliphatic heterocycles. The summed E-state index contributed by atoms with van der Waals surface area (Å²) in [4.78, 5) is 16.9. The first kappa shape index (κ1) is 17.0. The summed E-state index contributed by atoms with van der Waals surface area (Å²) in [5.74, 6) is 1.20. The first-order valence-electron chi connectivity index (χ1n) is 8.66. The number of hydrogen-bond donors (Lipinski definition) is 1. The highest BCUT2D eigenvalue weighted by Gasteiger charge is 2.19. The number of amides is 1. The average Bonchev–Trinajstić information content (AvgIpc) is 3.10. The van der Waals surface area contributed by atoms with Crippen LogP contribution in [0.15, 0.2) is 35.7 Å². The summed E-state index contributed by atoms with van der Waals surface area (Å²) in [7, 11) is 0. The largest absolute Gasteiger partial charge is 0.481 e. The molecule has 0 saturated heterocycles. The van der Waals surface area contributed by atoms with Crippen LogP contribution in [0.2, 0.25) is 0 Å². The van der Waals surface area contributed by atoms with Gasteiger partial charge in [0.15, 0.2) is 6.10 Å². The number of para-hydroxylation sites is 1. The second kappa shape index (κ2) is 8.29. The standard InChI is InChI=1S/C19H24N2O2S/c1-14(23-16-10-6-3-7-11-16)19(22)20-12-18-21-17(13-24-18)15-8-4-2-5-9-15/h3,6-7,10-11,13-15H,2,4-5,8-9,12H2,1H3,(H,20,22). The highest BCUT2D eigenvalue weighted by atomic mass is 32.1. The third-order valence-corrected chi connectivity index (χ3v) is 5.30. The lowest BCUT2D eigenvalue weighted by molar-refractivity contribution is -0.127. The fourth-order valence-electron chi connectivity index (χ4n) is 3.06. The molecule has 1 N–H and O–H groups in total. The van der Waals surface area contributed by atoms with E-state index in [0.717, 1.165) is 5.01 Å². The molecule has 1 unspecified atom stereocenters. The minimum atomic E-state index is -0.523. The molecule has 1 aliphatic rings.